The van der Waals surface area contributed by atoms with Gasteiger partial charge in [0.25, 0.3) is 0 Å². The van der Waals surface area contributed by atoms with Crippen LogP contribution in [-0.2, 0) is 35.1 Å². The van der Waals surface area contributed by atoms with Crippen molar-refractivity contribution in [2.75, 3.05) is 0 Å². The number of halogens is 2. The van der Waals surface area contributed by atoms with Crippen molar-refractivity contribution in [2.24, 2.45) is 22.2 Å². The number of hydrogen-bond donors (Lipinski definition) is 0. The first-order valence-corrected chi connectivity index (χ1v) is 20.8. The van der Waals surface area contributed by atoms with Gasteiger partial charge in [-0.05, 0) is 33.1 Å². The van der Waals surface area contributed by atoms with E-state index in [4.69, 9.17) is 0 Å². The fraction of sp³-hybridized carbons (Fsp3) is 0.451. The number of benzene rings is 3. The summed E-state index contributed by atoms with van der Waals surface area (Å²) in [5.74, 6) is 0.573. The van der Waals surface area contributed by atoms with Gasteiger partial charge < -0.3 is 24.8 Å². The first-order valence-electron chi connectivity index (χ1n) is 19.6. The second kappa shape index (κ2) is 16.7. The summed E-state index contributed by atoms with van der Waals surface area (Å²) in [5, 5.41) is 5.58. The van der Waals surface area contributed by atoms with E-state index < -0.39 is 0 Å². The van der Waals surface area contributed by atoms with Crippen LogP contribution in [0, 0.1) is 28.2 Å². The fourth-order valence-electron chi connectivity index (χ4n) is 7.95. The van der Waals surface area contributed by atoms with Crippen LogP contribution in [0.1, 0.15) is 145 Å². The minimum atomic E-state index is 0. The van der Waals surface area contributed by atoms with E-state index in [1.165, 1.54) is 103 Å². The van der Waals surface area contributed by atoms with Crippen molar-refractivity contribution in [3.63, 3.8) is 0 Å². The van der Waals surface area contributed by atoms with Crippen LogP contribution in [0.25, 0.3) is 32.7 Å². The summed E-state index contributed by atoms with van der Waals surface area (Å²) in [7, 11) is 0. The standard InChI is InChI=1S/C31H37.C11H17.C9H10.2ClH.Zr/c1-28(2,3)26-16-30(7,8)24-12-18-11-19-13-25-23(15-21(19)20(18)14-22(24)26)27(29(4,5)6)17-31(25,9)10;1-5-9-6-7-10(8-9)11(2,3)4;1-2-6-9-7-4-3-5-8-9;;;/h11-17H,1-10H3;7-9H,5H2,1-4H3;3-5,7-8H,2H2,1H3;2*1H;/q2*-1;;;;+2/p-2. The molecule has 1 atom stereocenters. The molecule has 0 radical (unpaired) electrons. The van der Waals surface area contributed by atoms with Crippen LogP contribution >= 0.6 is 0 Å². The summed E-state index contributed by atoms with van der Waals surface area (Å²) in [5.41, 5.74) is 12.4. The molecule has 0 aromatic heterocycles. The van der Waals surface area contributed by atoms with E-state index in [-0.39, 0.29) is 46.5 Å². The third-order valence-electron chi connectivity index (χ3n) is 11.2. The topological polar surface area (TPSA) is 0 Å². The Morgan fingerprint density at radius 2 is 1.13 bits per heavy atom. The van der Waals surface area contributed by atoms with Gasteiger partial charge in [0.2, 0.25) is 0 Å². The van der Waals surface area contributed by atoms with Gasteiger partial charge >= 0.3 is 76.7 Å². The molecular formula is C51H64Cl2Zr-2. The monoisotopic (exact) mass is 836 g/mol. The Morgan fingerprint density at radius 3 is 1.46 bits per heavy atom. The molecule has 0 saturated heterocycles. The predicted molar refractivity (Wildman–Crippen MR) is 228 cm³/mol. The maximum atomic E-state index is 3.35. The molecule has 288 valence electrons. The molecule has 3 heteroatoms. The largest absolute Gasteiger partial charge is 1.00 e. The van der Waals surface area contributed by atoms with Crippen LogP contribution < -0.4 is 24.8 Å². The molecular weight excluding hydrogens is 775 g/mol. The van der Waals surface area contributed by atoms with E-state index in [1.54, 1.807) is 3.21 Å². The normalized spacial score (nSPS) is 17.9. The van der Waals surface area contributed by atoms with Gasteiger partial charge in [-0.15, -0.1) is 39.7 Å². The van der Waals surface area contributed by atoms with Gasteiger partial charge in [0.05, 0.1) is 0 Å². The van der Waals surface area contributed by atoms with Gasteiger partial charge in [-0.1, -0.05) is 150 Å². The van der Waals surface area contributed by atoms with Gasteiger partial charge in [0, 0.05) is 10.8 Å². The van der Waals surface area contributed by atoms with Crippen molar-refractivity contribution >= 4 is 35.9 Å². The zero-order valence-corrected chi connectivity index (χ0v) is 39.8. The maximum Gasteiger partial charge on any atom is -1.00 e. The van der Waals surface area contributed by atoms with Crippen molar-refractivity contribution in [3.8, 4) is 0 Å². The second-order valence-electron chi connectivity index (χ2n) is 19.6. The summed E-state index contributed by atoms with van der Waals surface area (Å²) in [4.78, 5) is 0. The van der Waals surface area contributed by atoms with E-state index in [0.29, 0.717) is 11.3 Å². The first kappa shape index (κ1) is 46.2. The number of rotatable bonds is 3. The summed E-state index contributed by atoms with van der Waals surface area (Å²) < 4.78 is 1.55. The van der Waals surface area contributed by atoms with Crippen LogP contribution in [0.5, 0.6) is 0 Å². The molecule has 0 amide bonds. The second-order valence-corrected chi connectivity index (χ2v) is 21.1. The van der Waals surface area contributed by atoms with Gasteiger partial charge in [-0.2, -0.15) is 11.6 Å². The summed E-state index contributed by atoms with van der Waals surface area (Å²) in [6.07, 6.45) is 15.2. The summed E-state index contributed by atoms with van der Waals surface area (Å²) in [6.45, 7) is 34.6. The van der Waals surface area contributed by atoms with Crippen LogP contribution in [0.4, 0.5) is 0 Å². The minimum absolute atomic E-state index is 0. The van der Waals surface area contributed by atoms with E-state index in [0.717, 1.165) is 0 Å². The Bertz CT molecular complexity index is 2000. The minimum Gasteiger partial charge on any atom is -1.00 e. The Hall–Kier alpha value is -2.18. The maximum absolute atomic E-state index is 3.35. The molecule has 4 aromatic rings. The van der Waals surface area contributed by atoms with Gasteiger partial charge in [0.1, 0.15) is 0 Å². The molecule has 3 aliphatic rings. The van der Waals surface area contributed by atoms with Crippen molar-refractivity contribution in [1.29, 1.82) is 0 Å². The molecule has 0 saturated carbocycles. The smallest absolute Gasteiger partial charge is 1.00 e. The molecule has 0 spiro atoms. The van der Waals surface area contributed by atoms with E-state index in [2.05, 4.69) is 195 Å². The average Bonchev–Trinajstić information content (AvgIpc) is 3.81. The summed E-state index contributed by atoms with van der Waals surface area (Å²) >= 11 is 1.54. The van der Waals surface area contributed by atoms with E-state index in [1.807, 2.05) is 0 Å². The van der Waals surface area contributed by atoms with Crippen LogP contribution in [0.3, 0.4) is 0 Å². The third-order valence-corrected chi connectivity index (χ3v) is 12.8. The molecule has 0 heterocycles. The Balaban J connectivity index is 0.000000281. The van der Waals surface area contributed by atoms with Gasteiger partial charge in [-0.25, -0.2) is 6.08 Å². The average molecular weight is 839 g/mol. The van der Waals surface area contributed by atoms with E-state index >= 15 is 0 Å². The van der Waals surface area contributed by atoms with E-state index in [9.17, 15) is 0 Å². The molecule has 0 bridgehead atoms. The van der Waals surface area contributed by atoms with Crippen LogP contribution in [0.15, 0.2) is 90.5 Å². The van der Waals surface area contributed by atoms with Crippen molar-refractivity contribution in [3.05, 3.63) is 124 Å². The SMILES string of the molecule is CC(C)(C)C1=CC(C)(C)c2cc3[cH-]c4cc5c(cc4c3cc21)C(C(C)(C)C)=CC5(C)C.CCC1[C-]=CC(C(C)(C)C)=C1.CC[C](=[Zr+2])c1ccccc1.[Cl-].[Cl-]. The molecule has 0 N–H and O–H groups in total. The third kappa shape index (κ3) is 9.67. The number of allylic oxidation sites excluding steroid dienone is 8. The fourth-order valence-corrected chi connectivity index (χ4v) is 8.36. The molecule has 4 aromatic carbocycles. The Kier molecular flexibility index (Phi) is 14.3. The van der Waals surface area contributed by atoms with Gasteiger partial charge in [-0.3, -0.25) is 6.08 Å². The molecule has 1 unspecified atom stereocenters. The molecule has 3 aliphatic carbocycles. The van der Waals surface area contributed by atoms with Crippen molar-refractivity contribution in [1.82, 2.24) is 0 Å². The quantitative estimate of drug-likeness (QED) is 0.181. The molecule has 0 nitrogen and oxygen atoms in total. The zero-order valence-electron chi connectivity index (χ0n) is 35.8. The first-order chi connectivity index (χ1) is 24.0. The van der Waals surface area contributed by atoms with Crippen molar-refractivity contribution in [2.45, 2.75) is 128 Å². The molecule has 7 rings (SSSR count). The van der Waals surface area contributed by atoms with Crippen molar-refractivity contribution < 1.29 is 49.0 Å². The zero-order chi connectivity index (χ0) is 38.6. The molecule has 54 heavy (non-hydrogen) atoms. The van der Waals surface area contributed by atoms with Crippen LogP contribution in [-0.4, -0.2) is 3.21 Å². The number of hydrogen-bond acceptors (Lipinski definition) is 0. The molecule has 0 aliphatic heterocycles. The van der Waals surface area contributed by atoms with Gasteiger partial charge in [0.15, 0.2) is 0 Å². The summed E-state index contributed by atoms with van der Waals surface area (Å²) in [6, 6.07) is 22.9. The Labute approximate surface area is 356 Å². The Morgan fingerprint density at radius 1 is 0.685 bits per heavy atom. The predicted octanol–water partition coefficient (Wildman–Crippen LogP) is 8.68. The van der Waals surface area contributed by atoms with Crippen LogP contribution in [0.2, 0.25) is 0 Å². The number of fused-ring (bicyclic) bond motifs is 5. The molecule has 0 fully saturated rings.